The Bertz CT molecular complexity index is 591. The van der Waals surface area contributed by atoms with Gasteiger partial charge in [-0.3, -0.25) is 0 Å². The van der Waals surface area contributed by atoms with Crippen molar-refractivity contribution in [2.75, 3.05) is 19.0 Å². The van der Waals surface area contributed by atoms with E-state index in [1.54, 1.807) is 7.11 Å². The van der Waals surface area contributed by atoms with Gasteiger partial charge in [0.05, 0.1) is 7.11 Å². The van der Waals surface area contributed by atoms with Gasteiger partial charge in [0.25, 0.3) is 0 Å². The fourth-order valence-corrected chi connectivity index (χ4v) is 2.30. The van der Waals surface area contributed by atoms with Crippen LogP contribution in [0, 0.1) is 6.92 Å². The summed E-state index contributed by atoms with van der Waals surface area (Å²) in [5.74, 6) is 1.23. The highest BCUT2D eigenvalue weighted by atomic mass is 16.5. The van der Waals surface area contributed by atoms with E-state index in [0.29, 0.717) is 5.92 Å². The normalized spacial score (nSPS) is 11.1. The number of aromatic nitrogens is 1. The third kappa shape index (κ3) is 2.50. The smallest absolute Gasteiger partial charge is 0.145 e. The molecule has 1 aromatic heterocycles. The Balaban J connectivity index is 2.81. The van der Waals surface area contributed by atoms with Crippen molar-refractivity contribution in [3.63, 3.8) is 0 Å². The van der Waals surface area contributed by atoms with E-state index in [2.05, 4.69) is 45.1 Å². The SMILES string of the molecule is CCNc1cc(C(C)C)nc2c(OC)ccc(C)c12. The van der Waals surface area contributed by atoms with Crippen molar-refractivity contribution >= 4 is 16.6 Å². The first-order valence-corrected chi connectivity index (χ1v) is 6.80. The molecule has 102 valence electrons. The second-order valence-corrected chi connectivity index (χ2v) is 5.09. The van der Waals surface area contributed by atoms with Crippen LogP contribution in [0.2, 0.25) is 0 Å². The van der Waals surface area contributed by atoms with Crippen molar-refractivity contribution in [3.8, 4) is 5.75 Å². The predicted molar refractivity (Wildman–Crippen MR) is 81.3 cm³/mol. The number of nitrogens with zero attached hydrogens (tertiary/aromatic N) is 1. The molecular weight excluding hydrogens is 236 g/mol. The Hall–Kier alpha value is -1.77. The number of nitrogens with one attached hydrogen (secondary N) is 1. The standard InChI is InChI=1S/C16H22N2O/c1-6-17-13-9-12(10(2)3)18-16-14(19-5)8-7-11(4)15(13)16/h7-10H,6H2,1-5H3,(H,17,18). The molecule has 0 radical (unpaired) electrons. The lowest BCUT2D eigenvalue weighted by Crippen LogP contribution is -2.03. The van der Waals surface area contributed by atoms with Crippen molar-refractivity contribution in [1.82, 2.24) is 4.98 Å². The van der Waals surface area contributed by atoms with Gasteiger partial charge in [0.15, 0.2) is 0 Å². The van der Waals surface area contributed by atoms with E-state index in [0.717, 1.165) is 34.6 Å². The summed E-state index contributed by atoms with van der Waals surface area (Å²) in [4.78, 5) is 4.78. The van der Waals surface area contributed by atoms with E-state index in [1.165, 1.54) is 5.56 Å². The Morgan fingerprint density at radius 1 is 1.32 bits per heavy atom. The van der Waals surface area contributed by atoms with Gasteiger partial charge in [0, 0.05) is 23.3 Å². The van der Waals surface area contributed by atoms with Crippen LogP contribution in [0.1, 0.15) is 37.9 Å². The largest absolute Gasteiger partial charge is 0.494 e. The average molecular weight is 258 g/mol. The third-order valence-corrected chi connectivity index (χ3v) is 3.33. The highest BCUT2D eigenvalue weighted by molar-refractivity contribution is 5.97. The van der Waals surface area contributed by atoms with Gasteiger partial charge in [-0.1, -0.05) is 19.9 Å². The molecule has 0 aliphatic heterocycles. The van der Waals surface area contributed by atoms with Crippen molar-refractivity contribution in [3.05, 3.63) is 29.5 Å². The third-order valence-electron chi connectivity index (χ3n) is 3.33. The maximum absolute atomic E-state index is 5.46. The minimum Gasteiger partial charge on any atom is -0.494 e. The maximum Gasteiger partial charge on any atom is 0.145 e. The first-order valence-electron chi connectivity index (χ1n) is 6.80. The molecule has 0 bridgehead atoms. The summed E-state index contributed by atoms with van der Waals surface area (Å²) in [6, 6.07) is 6.23. The van der Waals surface area contributed by atoms with Crippen LogP contribution in [0.5, 0.6) is 5.75 Å². The van der Waals surface area contributed by atoms with Crippen LogP contribution in [0.15, 0.2) is 18.2 Å². The van der Waals surface area contributed by atoms with Crippen molar-refractivity contribution < 1.29 is 4.74 Å². The van der Waals surface area contributed by atoms with Gasteiger partial charge in [0.2, 0.25) is 0 Å². The molecule has 0 aliphatic rings. The van der Waals surface area contributed by atoms with Crippen LogP contribution in [0.3, 0.4) is 0 Å². The van der Waals surface area contributed by atoms with E-state index in [9.17, 15) is 0 Å². The maximum atomic E-state index is 5.46. The second kappa shape index (κ2) is 5.47. The first kappa shape index (κ1) is 13.7. The van der Waals surface area contributed by atoms with Crippen LogP contribution in [0.4, 0.5) is 5.69 Å². The fraction of sp³-hybridized carbons (Fsp3) is 0.438. The van der Waals surface area contributed by atoms with Crippen LogP contribution in [-0.4, -0.2) is 18.6 Å². The molecule has 3 heteroatoms. The molecule has 3 nitrogen and oxygen atoms in total. The van der Waals surface area contributed by atoms with Crippen LogP contribution in [-0.2, 0) is 0 Å². The summed E-state index contributed by atoms with van der Waals surface area (Å²) in [6.07, 6.45) is 0. The zero-order valence-electron chi connectivity index (χ0n) is 12.4. The number of fused-ring (bicyclic) bond motifs is 1. The van der Waals surface area contributed by atoms with Gasteiger partial charge >= 0.3 is 0 Å². The molecule has 0 atom stereocenters. The number of rotatable bonds is 4. The predicted octanol–water partition coefficient (Wildman–Crippen LogP) is 4.11. The summed E-state index contributed by atoms with van der Waals surface area (Å²) >= 11 is 0. The van der Waals surface area contributed by atoms with Gasteiger partial charge in [0.1, 0.15) is 11.3 Å². The number of methoxy groups -OCH3 is 1. The summed E-state index contributed by atoms with van der Waals surface area (Å²) < 4.78 is 5.46. The van der Waals surface area contributed by atoms with Crippen molar-refractivity contribution in [2.45, 2.75) is 33.6 Å². The lowest BCUT2D eigenvalue weighted by Gasteiger charge is -2.16. The number of aryl methyl sites for hydroxylation is 1. The van der Waals surface area contributed by atoms with Gasteiger partial charge in [-0.25, -0.2) is 4.98 Å². The van der Waals surface area contributed by atoms with Gasteiger partial charge in [-0.2, -0.15) is 0 Å². The number of hydrogen-bond acceptors (Lipinski definition) is 3. The molecule has 0 aliphatic carbocycles. The van der Waals surface area contributed by atoms with Crippen molar-refractivity contribution in [2.24, 2.45) is 0 Å². The Kier molecular flexibility index (Phi) is 3.93. The zero-order chi connectivity index (χ0) is 14.0. The highest BCUT2D eigenvalue weighted by Gasteiger charge is 2.13. The number of anilines is 1. The lowest BCUT2D eigenvalue weighted by molar-refractivity contribution is 0.418. The molecule has 1 heterocycles. The zero-order valence-corrected chi connectivity index (χ0v) is 12.4. The number of pyridine rings is 1. The molecule has 0 saturated carbocycles. The van der Waals surface area contributed by atoms with E-state index < -0.39 is 0 Å². The Labute approximate surface area is 115 Å². The number of ether oxygens (including phenoxy) is 1. The molecule has 19 heavy (non-hydrogen) atoms. The van der Waals surface area contributed by atoms with Gasteiger partial charge < -0.3 is 10.1 Å². The second-order valence-electron chi connectivity index (χ2n) is 5.09. The summed E-state index contributed by atoms with van der Waals surface area (Å²) in [6.45, 7) is 9.43. The van der Waals surface area contributed by atoms with Gasteiger partial charge in [-0.15, -0.1) is 0 Å². The molecular formula is C16H22N2O. The Morgan fingerprint density at radius 3 is 2.63 bits per heavy atom. The number of benzene rings is 1. The van der Waals surface area contributed by atoms with Gasteiger partial charge in [-0.05, 0) is 37.5 Å². The molecule has 0 unspecified atom stereocenters. The molecule has 0 amide bonds. The molecule has 2 rings (SSSR count). The minimum absolute atomic E-state index is 0.395. The topological polar surface area (TPSA) is 34.2 Å². The minimum atomic E-state index is 0.395. The summed E-state index contributed by atoms with van der Waals surface area (Å²) in [5.41, 5.74) is 4.40. The Morgan fingerprint density at radius 2 is 2.05 bits per heavy atom. The van der Waals surface area contributed by atoms with E-state index in [-0.39, 0.29) is 0 Å². The lowest BCUT2D eigenvalue weighted by atomic mass is 10.0. The first-order chi connectivity index (χ1) is 9.08. The van der Waals surface area contributed by atoms with E-state index in [4.69, 9.17) is 9.72 Å². The number of hydrogen-bond donors (Lipinski definition) is 1. The van der Waals surface area contributed by atoms with Crippen molar-refractivity contribution in [1.29, 1.82) is 0 Å². The van der Waals surface area contributed by atoms with Crippen LogP contribution >= 0.6 is 0 Å². The molecule has 0 spiro atoms. The summed E-state index contributed by atoms with van der Waals surface area (Å²) in [7, 11) is 1.70. The molecule has 0 saturated heterocycles. The van der Waals surface area contributed by atoms with Crippen LogP contribution in [0.25, 0.3) is 10.9 Å². The van der Waals surface area contributed by atoms with Crippen LogP contribution < -0.4 is 10.1 Å². The molecule has 1 aromatic carbocycles. The highest BCUT2D eigenvalue weighted by Crippen LogP contribution is 2.34. The fourth-order valence-electron chi connectivity index (χ4n) is 2.30. The average Bonchev–Trinajstić information content (AvgIpc) is 2.39. The summed E-state index contributed by atoms with van der Waals surface area (Å²) in [5, 5.41) is 4.60. The van der Waals surface area contributed by atoms with E-state index >= 15 is 0 Å². The molecule has 2 aromatic rings. The monoisotopic (exact) mass is 258 g/mol. The quantitative estimate of drug-likeness (QED) is 0.896. The molecule has 1 N–H and O–H groups in total. The van der Waals surface area contributed by atoms with E-state index in [1.807, 2.05) is 6.07 Å². The molecule has 0 fully saturated rings.